The van der Waals surface area contributed by atoms with Gasteiger partial charge in [0.05, 0.1) is 22.9 Å². The summed E-state index contributed by atoms with van der Waals surface area (Å²) in [7, 11) is 3.83. The van der Waals surface area contributed by atoms with Gasteiger partial charge in [-0.3, -0.25) is 9.59 Å². The molecule has 1 aliphatic heterocycles. The third-order valence-electron chi connectivity index (χ3n) is 4.91. The predicted molar refractivity (Wildman–Crippen MR) is 97.9 cm³/mol. The van der Waals surface area contributed by atoms with Crippen LogP contribution in [0.4, 0.5) is 0 Å². The Morgan fingerprint density at radius 2 is 1.58 bits per heavy atom. The lowest BCUT2D eigenvalue weighted by molar-refractivity contribution is 0.0535. The van der Waals surface area contributed by atoms with Gasteiger partial charge in [0.15, 0.2) is 0 Å². The monoisotopic (exact) mass is 351 g/mol. The van der Waals surface area contributed by atoms with E-state index in [1.54, 1.807) is 16.1 Å². The van der Waals surface area contributed by atoms with Crippen LogP contribution < -0.4 is 0 Å². The number of rotatable bonds is 2. The fourth-order valence-electron chi connectivity index (χ4n) is 3.38. The van der Waals surface area contributed by atoms with E-state index in [4.69, 9.17) is 0 Å². The highest BCUT2D eigenvalue weighted by Gasteiger charge is 2.26. The number of nitrogens with zero attached hydrogens (tertiary/aromatic N) is 5. The lowest BCUT2D eigenvalue weighted by atomic mass is 10.1. The first-order valence-corrected chi connectivity index (χ1v) is 8.64. The maximum Gasteiger partial charge on any atom is 0.255 e. The van der Waals surface area contributed by atoms with E-state index in [1.807, 2.05) is 59.9 Å². The molecule has 7 nitrogen and oxygen atoms in total. The average molecular weight is 351 g/mol. The molecule has 3 aromatic rings. The molecule has 1 fully saturated rings. The lowest BCUT2D eigenvalue weighted by Gasteiger charge is -2.34. The molecule has 0 atom stereocenters. The van der Waals surface area contributed by atoms with Crippen LogP contribution in [0.3, 0.4) is 0 Å². The number of piperazine rings is 1. The molecule has 0 saturated carbocycles. The van der Waals surface area contributed by atoms with Crippen molar-refractivity contribution in [2.75, 3.05) is 26.2 Å². The largest absolute Gasteiger partial charge is 0.356 e. The normalized spacial score (nSPS) is 14.8. The molecule has 1 saturated heterocycles. The highest BCUT2D eigenvalue weighted by atomic mass is 16.2. The molecule has 4 rings (SSSR count). The van der Waals surface area contributed by atoms with Gasteiger partial charge in [-0.1, -0.05) is 0 Å². The van der Waals surface area contributed by atoms with Crippen molar-refractivity contribution in [2.45, 2.75) is 0 Å². The Morgan fingerprint density at radius 3 is 2.19 bits per heavy atom. The SMILES string of the molecule is Cn1ccc(C(=O)N2CCN(C(=O)c3ccc4c(c3)ncn4C)CC2)c1. The van der Waals surface area contributed by atoms with E-state index in [1.165, 1.54) is 0 Å². The van der Waals surface area contributed by atoms with Crippen LogP contribution in [-0.4, -0.2) is 61.9 Å². The zero-order chi connectivity index (χ0) is 18.3. The van der Waals surface area contributed by atoms with E-state index in [9.17, 15) is 9.59 Å². The second-order valence-electron chi connectivity index (χ2n) is 6.71. The first-order valence-electron chi connectivity index (χ1n) is 8.64. The summed E-state index contributed by atoms with van der Waals surface area (Å²) in [6.07, 6.45) is 5.43. The summed E-state index contributed by atoms with van der Waals surface area (Å²) in [6, 6.07) is 7.42. The summed E-state index contributed by atoms with van der Waals surface area (Å²) in [5, 5.41) is 0. The van der Waals surface area contributed by atoms with Crippen LogP contribution in [0.5, 0.6) is 0 Å². The van der Waals surface area contributed by atoms with Crippen molar-refractivity contribution in [1.29, 1.82) is 0 Å². The Balaban J connectivity index is 1.43. The fraction of sp³-hybridized carbons (Fsp3) is 0.316. The second kappa shape index (κ2) is 6.33. The molecule has 3 heterocycles. The van der Waals surface area contributed by atoms with Crippen molar-refractivity contribution in [3.8, 4) is 0 Å². The van der Waals surface area contributed by atoms with Crippen molar-refractivity contribution in [3.05, 3.63) is 54.1 Å². The van der Waals surface area contributed by atoms with Gasteiger partial charge in [0.2, 0.25) is 0 Å². The Kier molecular flexibility index (Phi) is 3.99. The summed E-state index contributed by atoms with van der Waals surface area (Å²) < 4.78 is 3.79. The molecule has 2 aromatic heterocycles. The van der Waals surface area contributed by atoms with Crippen LogP contribution in [0, 0.1) is 0 Å². The minimum atomic E-state index is -0.00985. The molecule has 1 aliphatic rings. The molecule has 0 N–H and O–H groups in total. The molecular weight excluding hydrogens is 330 g/mol. The summed E-state index contributed by atoms with van der Waals surface area (Å²) >= 11 is 0. The Bertz CT molecular complexity index is 979. The number of aromatic nitrogens is 3. The molecule has 0 aliphatic carbocycles. The van der Waals surface area contributed by atoms with E-state index in [0.717, 1.165) is 11.0 Å². The first-order chi connectivity index (χ1) is 12.5. The predicted octanol–water partition coefficient (Wildman–Crippen LogP) is 1.51. The van der Waals surface area contributed by atoms with E-state index >= 15 is 0 Å². The molecule has 0 bridgehead atoms. The van der Waals surface area contributed by atoms with Crippen LogP contribution in [-0.2, 0) is 14.1 Å². The smallest absolute Gasteiger partial charge is 0.255 e. The highest BCUT2D eigenvalue weighted by Crippen LogP contribution is 2.17. The van der Waals surface area contributed by atoms with Gasteiger partial charge in [0, 0.05) is 58.2 Å². The maximum atomic E-state index is 12.8. The van der Waals surface area contributed by atoms with Crippen LogP contribution in [0.2, 0.25) is 0 Å². The second-order valence-corrected chi connectivity index (χ2v) is 6.71. The Morgan fingerprint density at radius 1 is 0.923 bits per heavy atom. The summed E-state index contributed by atoms with van der Waals surface area (Å²) in [4.78, 5) is 33.2. The number of amides is 2. The standard InChI is InChI=1S/C19H21N5O2/c1-21-6-5-15(12-21)19(26)24-9-7-23(8-10-24)18(25)14-3-4-17-16(11-14)20-13-22(17)2/h3-6,11-13H,7-10H2,1-2H3. The minimum Gasteiger partial charge on any atom is -0.356 e. The van der Waals surface area contributed by atoms with E-state index < -0.39 is 0 Å². The van der Waals surface area contributed by atoms with E-state index in [-0.39, 0.29) is 11.8 Å². The number of carbonyl (C=O) groups is 2. The fourth-order valence-corrected chi connectivity index (χ4v) is 3.38. The zero-order valence-corrected chi connectivity index (χ0v) is 14.9. The number of hydrogen-bond acceptors (Lipinski definition) is 3. The quantitative estimate of drug-likeness (QED) is 0.703. The number of benzene rings is 1. The number of fused-ring (bicyclic) bond motifs is 1. The number of hydrogen-bond donors (Lipinski definition) is 0. The molecule has 0 radical (unpaired) electrons. The van der Waals surface area contributed by atoms with Gasteiger partial charge >= 0.3 is 0 Å². The van der Waals surface area contributed by atoms with Gasteiger partial charge in [-0.25, -0.2) is 4.98 Å². The van der Waals surface area contributed by atoms with Gasteiger partial charge < -0.3 is 18.9 Å². The lowest BCUT2D eigenvalue weighted by Crippen LogP contribution is -2.50. The van der Waals surface area contributed by atoms with Gasteiger partial charge in [0.25, 0.3) is 11.8 Å². The van der Waals surface area contributed by atoms with E-state index in [2.05, 4.69) is 4.98 Å². The summed E-state index contributed by atoms with van der Waals surface area (Å²) in [5.74, 6) is 0.0111. The van der Waals surface area contributed by atoms with Crippen LogP contribution >= 0.6 is 0 Å². The molecule has 26 heavy (non-hydrogen) atoms. The van der Waals surface area contributed by atoms with Gasteiger partial charge in [-0.2, -0.15) is 0 Å². The number of carbonyl (C=O) groups excluding carboxylic acids is 2. The van der Waals surface area contributed by atoms with Crippen molar-refractivity contribution in [2.24, 2.45) is 14.1 Å². The van der Waals surface area contributed by atoms with Gasteiger partial charge in [-0.15, -0.1) is 0 Å². The van der Waals surface area contributed by atoms with Gasteiger partial charge in [-0.05, 0) is 24.3 Å². The maximum absolute atomic E-state index is 12.8. The number of aryl methyl sites for hydroxylation is 2. The topological polar surface area (TPSA) is 63.4 Å². The molecule has 0 unspecified atom stereocenters. The third-order valence-corrected chi connectivity index (χ3v) is 4.91. The molecule has 7 heteroatoms. The summed E-state index contributed by atoms with van der Waals surface area (Å²) in [5.41, 5.74) is 3.14. The third kappa shape index (κ3) is 2.85. The molecule has 134 valence electrons. The average Bonchev–Trinajstić information content (AvgIpc) is 3.26. The summed E-state index contributed by atoms with van der Waals surface area (Å²) in [6.45, 7) is 2.17. The van der Waals surface area contributed by atoms with Gasteiger partial charge in [0.1, 0.15) is 0 Å². The van der Waals surface area contributed by atoms with Crippen LogP contribution in [0.15, 0.2) is 43.0 Å². The Labute approximate surface area is 151 Å². The molecule has 1 aromatic carbocycles. The van der Waals surface area contributed by atoms with Crippen LogP contribution in [0.25, 0.3) is 11.0 Å². The zero-order valence-electron chi connectivity index (χ0n) is 14.9. The first kappa shape index (κ1) is 16.4. The van der Waals surface area contributed by atoms with Crippen molar-refractivity contribution in [3.63, 3.8) is 0 Å². The molecule has 2 amide bonds. The van der Waals surface area contributed by atoms with Crippen LogP contribution in [0.1, 0.15) is 20.7 Å². The van der Waals surface area contributed by atoms with E-state index in [0.29, 0.717) is 37.3 Å². The number of imidazole rings is 1. The Hall–Kier alpha value is -3.09. The highest BCUT2D eigenvalue weighted by molar-refractivity contribution is 5.98. The molecule has 0 spiro atoms. The minimum absolute atomic E-state index is 0.00985. The van der Waals surface area contributed by atoms with Crippen molar-refractivity contribution < 1.29 is 9.59 Å². The molecular formula is C19H21N5O2. The van der Waals surface area contributed by atoms with Crippen molar-refractivity contribution in [1.82, 2.24) is 23.9 Å². The van der Waals surface area contributed by atoms with Crippen molar-refractivity contribution >= 4 is 22.8 Å².